The van der Waals surface area contributed by atoms with Crippen LogP contribution in [0.5, 0.6) is 0 Å². The molecule has 0 bridgehead atoms. The number of rotatable bonds is 7. The summed E-state index contributed by atoms with van der Waals surface area (Å²) in [7, 11) is 1.63. The summed E-state index contributed by atoms with van der Waals surface area (Å²) in [6, 6.07) is 20.4. The van der Waals surface area contributed by atoms with Crippen molar-refractivity contribution in [3.8, 4) is 0 Å². The molecule has 4 rings (SSSR count). The Morgan fingerprint density at radius 1 is 1.00 bits per heavy atom. The molecule has 0 fully saturated rings. The van der Waals surface area contributed by atoms with Crippen LogP contribution in [0.25, 0.3) is 11.2 Å². The second-order valence-electron chi connectivity index (χ2n) is 6.86. The van der Waals surface area contributed by atoms with Crippen LogP contribution in [-0.4, -0.2) is 19.1 Å². The van der Waals surface area contributed by atoms with Gasteiger partial charge in [0, 0.05) is 18.5 Å². The van der Waals surface area contributed by atoms with Gasteiger partial charge in [-0.15, -0.1) is 11.8 Å². The summed E-state index contributed by atoms with van der Waals surface area (Å²) in [4.78, 5) is 32.8. The Morgan fingerprint density at radius 2 is 1.69 bits per heavy atom. The molecule has 2 aromatic heterocycles. The van der Waals surface area contributed by atoms with Gasteiger partial charge in [-0.1, -0.05) is 48.5 Å². The highest BCUT2D eigenvalue weighted by molar-refractivity contribution is 7.98. The van der Waals surface area contributed by atoms with Crippen molar-refractivity contribution in [1.29, 1.82) is 0 Å². The third kappa shape index (κ3) is 4.19. The van der Waals surface area contributed by atoms with E-state index in [-0.39, 0.29) is 5.56 Å². The molecular formula is C22H22N4O2S. The van der Waals surface area contributed by atoms with Crippen LogP contribution < -0.4 is 11.2 Å². The van der Waals surface area contributed by atoms with Gasteiger partial charge in [0.05, 0.1) is 5.75 Å². The fourth-order valence-electron chi connectivity index (χ4n) is 3.38. The number of imidazole rings is 1. The highest BCUT2D eigenvalue weighted by Crippen LogP contribution is 2.24. The van der Waals surface area contributed by atoms with Gasteiger partial charge in [0.25, 0.3) is 5.56 Å². The number of benzene rings is 2. The molecule has 0 atom stereocenters. The Labute approximate surface area is 172 Å². The van der Waals surface area contributed by atoms with Crippen LogP contribution in [0.3, 0.4) is 0 Å². The number of aromatic amines is 1. The van der Waals surface area contributed by atoms with Gasteiger partial charge in [-0.2, -0.15) is 0 Å². The fraction of sp³-hybridized carbons (Fsp3) is 0.227. The number of aromatic nitrogens is 4. The molecule has 7 heteroatoms. The van der Waals surface area contributed by atoms with E-state index in [4.69, 9.17) is 0 Å². The fourth-order valence-corrected chi connectivity index (χ4v) is 4.25. The Hall–Kier alpha value is -3.06. The topological polar surface area (TPSA) is 72.7 Å². The van der Waals surface area contributed by atoms with Gasteiger partial charge < -0.3 is 4.57 Å². The minimum Gasteiger partial charge on any atom is -0.321 e. The predicted molar refractivity (Wildman–Crippen MR) is 116 cm³/mol. The molecule has 0 saturated carbocycles. The molecular weight excluding hydrogens is 384 g/mol. The number of fused-ring (bicyclic) bond motifs is 1. The molecule has 148 valence electrons. The van der Waals surface area contributed by atoms with E-state index in [0.29, 0.717) is 23.5 Å². The Morgan fingerprint density at radius 3 is 2.41 bits per heavy atom. The molecule has 0 radical (unpaired) electrons. The summed E-state index contributed by atoms with van der Waals surface area (Å²) < 4.78 is 3.37. The lowest BCUT2D eigenvalue weighted by Gasteiger charge is -2.09. The van der Waals surface area contributed by atoms with Gasteiger partial charge in [0.2, 0.25) is 0 Å². The van der Waals surface area contributed by atoms with Crippen LogP contribution >= 0.6 is 11.8 Å². The van der Waals surface area contributed by atoms with Gasteiger partial charge in [-0.25, -0.2) is 9.78 Å². The largest absolute Gasteiger partial charge is 0.329 e. The molecule has 6 nitrogen and oxygen atoms in total. The number of aryl methyl sites for hydroxylation is 3. The Bertz CT molecular complexity index is 1230. The Balaban J connectivity index is 1.66. The first-order valence-electron chi connectivity index (χ1n) is 9.53. The van der Waals surface area contributed by atoms with Crippen molar-refractivity contribution < 1.29 is 0 Å². The lowest BCUT2D eigenvalue weighted by atomic mass is 10.1. The summed E-state index contributed by atoms with van der Waals surface area (Å²) in [6.45, 7) is 0.664. The molecule has 29 heavy (non-hydrogen) atoms. The van der Waals surface area contributed by atoms with E-state index in [2.05, 4.69) is 34.2 Å². The lowest BCUT2D eigenvalue weighted by Crippen LogP contribution is -2.29. The first-order chi connectivity index (χ1) is 14.1. The summed E-state index contributed by atoms with van der Waals surface area (Å²) in [5, 5.41) is 0. The van der Waals surface area contributed by atoms with Crippen LogP contribution in [0, 0.1) is 0 Å². The van der Waals surface area contributed by atoms with Gasteiger partial charge in [0.1, 0.15) is 5.82 Å². The highest BCUT2D eigenvalue weighted by atomic mass is 32.2. The molecule has 4 aromatic rings. The lowest BCUT2D eigenvalue weighted by molar-refractivity contribution is 0.636. The zero-order chi connectivity index (χ0) is 20.2. The van der Waals surface area contributed by atoms with Crippen LogP contribution in [0.2, 0.25) is 0 Å². The van der Waals surface area contributed by atoms with Gasteiger partial charge in [-0.3, -0.25) is 14.3 Å². The minimum absolute atomic E-state index is 0.383. The van der Waals surface area contributed by atoms with E-state index in [0.717, 1.165) is 23.6 Å². The quantitative estimate of drug-likeness (QED) is 0.478. The normalized spacial score (nSPS) is 11.2. The average Bonchev–Trinajstić information content (AvgIpc) is 3.11. The number of H-pyrrole nitrogens is 1. The standard InChI is InChI=1S/C22H22N4O2S/c1-25-20-19(21(27)24-22(25)28)26(14-8-11-16-9-4-2-5-10-16)18(23-20)15-29-17-12-6-3-7-13-17/h2-7,9-10,12-13H,8,11,14-15H2,1H3,(H,24,27,28). The monoisotopic (exact) mass is 406 g/mol. The third-order valence-electron chi connectivity index (χ3n) is 4.89. The minimum atomic E-state index is -0.446. The number of hydrogen-bond donors (Lipinski definition) is 1. The van der Waals surface area contributed by atoms with Crippen LogP contribution in [0.4, 0.5) is 0 Å². The summed E-state index contributed by atoms with van der Waals surface area (Å²) in [6.07, 6.45) is 1.79. The molecule has 2 aromatic carbocycles. The first-order valence-corrected chi connectivity index (χ1v) is 10.5. The first kappa shape index (κ1) is 19.3. The van der Waals surface area contributed by atoms with Gasteiger partial charge in [-0.05, 0) is 30.5 Å². The molecule has 0 aliphatic carbocycles. The van der Waals surface area contributed by atoms with Gasteiger partial charge >= 0.3 is 5.69 Å². The molecule has 0 amide bonds. The van der Waals surface area contributed by atoms with E-state index in [1.165, 1.54) is 10.1 Å². The number of nitrogens with one attached hydrogen (secondary N) is 1. The molecule has 0 aliphatic heterocycles. The second kappa shape index (κ2) is 8.53. The van der Waals surface area contributed by atoms with Crippen LogP contribution in [0.1, 0.15) is 17.8 Å². The summed E-state index contributed by atoms with van der Waals surface area (Å²) >= 11 is 1.67. The molecule has 0 spiro atoms. The van der Waals surface area contributed by atoms with E-state index < -0.39 is 5.69 Å². The summed E-state index contributed by atoms with van der Waals surface area (Å²) in [5.74, 6) is 1.42. The average molecular weight is 407 g/mol. The van der Waals surface area contributed by atoms with Crippen LogP contribution in [-0.2, 0) is 25.8 Å². The maximum absolute atomic E-state index is 12.6. The highest BCUT2D eigenvalue weighted by Gasteiger charge is 2.17. The van der Waals surface area contributed by atoms with E-state index >= 15 is 0 Å². The smallest absolute Gasteiger partial charge is 0.321 e. The molecule has 2 heterocycles. The van der Waals surface area contributed by atoms with Crippen molar-refractivity contribution in [2.75, 3.05) is 0 Å². The van der Waals surface area contributed by atoms with E-state index in [9.17, 15) is 9.59 Å². The van der Waals surface area contributed by atoms with Crippen molar-refractivity contribution in [1.82, 2.24) is 19.1 Å². The van der Waals surface area contributed by atoms with Crippen LogP contribution in [0.15, 0.2) is 75.1 Å². The van der Waals surface area contributed by atoms with Gasteiger partial charge in [0.15, 0.2) is 11.2 Å². The number of nitrogens with zero attached hydrogens (tertiary/aromatic N) is 3. The Kier molecular flexibility index (Phi) is 5.67. The number of hydrogen-bond acceptors (Lipinski definition) is 4. The molecule has 0 unspecified atom stereocenters. The van der Waals surface area contributed by atoms with Crippen molar-refractivity contribution in [2.24, 2.45) is 7.05 Å². The predicted octanol–water partition coefficient (Wildman–Crippen LogP) is 3.35. The van der Waals surface area contributed by atoms with E-state index in [1.54, 1.807) is 18.8 Å². The zero-order valence-corrected chi connectivity index (χ0v) is 17.0. The van der Waals surface area contributed by atoms with Crippen molar-refractivity contribution in [2.45, 2.75) is 30.0 Å². The SMILES string of the molecule is Cn1c(=O)[nH]c(=O)c2c1nc(CSc1ccccc1)n2CCCc1ccccc1. The van der Waals surface area contributed by atoms with Crippen molar-refractivity contribution >= 4 is 22.9 Å². The van der Waals surface area contributed by atoms with E-state index in [1.807, 2.05) is 41.0 Å². The molecule has 0 saturated heterocycles. The van der Waals surface area contributed by atoms with Crippen molar-refractivity contribution in [3.05, 3.63) is 92.9 Å². The second-order valence-corrected chi connectivity index (χ2v) is 7.91. The third-order valence-corrected chi connectivity index (χ3v) is 5.90. The molecule has 0 aliphatic rings. The maximum Gasteiger partial charge on any atom is 0.329 e. The number of thioether (sulfide) groups is 1. The summed E-state index contributed by atoms with van der Waals surface area (Å²) in [5.41, 5.74) is 1.33. The molecule has 1 N–H and O–H groups in total. The zero-order valence-electron chi connectivity index (χ0n) is 16.2. The van der Waals surface area contributed by atoms with Crippen molar-refractivity contribution in [3.63, 3.8) is 0 Å². The maximum atomic E-state index is 12.6.